The van der Waals surface area contributed by atoms with Gasteiger partial charge in [0.05, 0.1) is 10.7 Å². The number of benzene rings is 1. The molecule has 0 amide bonds. The molecule has 4 heteroatoms. The molecular weight excluding hydrogens is 220 g/mol. The van der Waals surface area contributed by atoms with Gasteiger partial charge in [-0.25, -0.2) is 4.39 Å². The first-order valence-electron chi connectivity index (χ1n) is 2.52. The molecule has 0 bridgehead atoms. The minimum Gasteiger partial charge on any atom is -0.395 e. The van der Waals surface area contributed by atoms with Gasteiger partial charge in [-0.05, 0) is 28.1 Å². The van der Waals surface area contributed by atoms with Gasteiger partial charge in [0.25, 0.3) is 0 Å². The van der Waals surface area contributed by atoms with Crippen molar-refractivity contribution in [2.24, 2.45) is 0 Å². The first-order chi connectivity index (χ1) is 4.63. The van der Waals surface area contributed by atoms with E-state index in [1.807, 2.05) is 0 Å². The third-order valence-electron chi connectivity index (χ3n) is 1.08. The number of nitrogens with two attached hydrogens (primary N) is 1. The van der Waals surface area contributed by atoms with Crippen molar-refractivity contribution in [3.05, 3.63) is 27.4 Å². The summed E-state index contributed by atoms with van der Waals surface area (Å²) in [7, 11) is 0. The molecule has 1 rings (SSSR count). The second kappa shape index (κ2) is 2.76. The zero-order valence-electron chi connectivity index (χ0n) is 4.87. The molecule has 0 fully saturated rings. The number of hydrogen-bond acceptors (Lipinski definition) is 1. The Bertz CT molecular complexity index is 237. The summed E-state index contributed by atoms with van der Waals surface area (Å²) in [6.45, 7) is 0. The summed E-state index contributed by atoms with van der Waals surface area (Å²) in [5.41, 5.74) is 5.23. The van der Waals surface area contributed by atoms with E-state index in [0.717, 1.165) is 0 Å². The van der Waals surface area contributed by atoms with Crippen molar-refractivity contribution in [2.45, 2.75) is 0 Å². The summed E-state index contributed by atoms with van der Waals surface area (Å²) in [6.07, 6.45) is 0. The molecule has 2 N–H and O–H groups in total. The summed E-state index contributed by atoms with van der Waals surface area (Å²) < 4.78 is 13.1. The molecule has 0 spiro atoms. The number of rotatable bonds is 0. The van der Waals surface area contributed by atoms with Gasteiger partial charge in [0.15, 0.2) is 0 Å². The smallest absolute Gasteiger partial charge is 0.147 e. The predicted octanol–water partition coefficient (Wildman–Crippen LogP) is 2.82. The third kappa shape index (κ3) is 1.25. The molecular formula is C6H4BrClFN. The SMILES string of the molecule is Nc1c(F)ccc(Br)c1Cl. The fourth-order valence-corrected chi connectivity index (χ4v) is 1.04. The highest BCUT2D eigenvalue weighted by atomic mass is 79.9. The van der Waals surface area contributed by atoms with Crippen LogP contribution in [0.5, 0.6) is 0 Å². The molecule has 1 aromatic rings. The van der Waals surface area contributed by atoms with Crippen molar-refractivity contribution in [3.8, 4) is 0 Å². The summed E-state index contributed by atoms with van der Waals surface area (Å²) in [5.74, 6) is -0.492. The number of anilines is 1. The van der Waals surface area contributed by atoms with Gasteiger partial charge in [-0.3, -0.25) is 0 Å². The maximum atomic E-state index is 12.5. The Hall–Kier alpha value is -0.280. The van der Waals surface area contributed by atoms with Crippen LogP contribution >= 0.6 is 27.5 Å². The van der Waals surface area contributed by atoms with Gasteiger partial charge in [-0.2, -0.15) is 0 Å². The van der Waals surface area contributed by atoms with Gasteiger partial charge in [-0.1, -0.05) is 11.6 Å². The molecule has 0 aliphatic heterocycles. The summed E-state index contributed by atoms with van der Waals surface area (Å²) in [5, 5.41) is 0.222. The molecule has 1 nitrogen and oxygen atoms in total. The Morgan fingerprint density at radius 1 is 1.50 bits per heavy atom. The molecule has 54 valence electrons. The Morgan fingerprint density at radius 2 is 2.10 bits per heavy atom. The summed E-state index contributed by atoms with van der Waals surface area (Å²) in [4.78, 5) is 0. The molecule has 0 radical (unpaired) electrons. The van der Waals surface area contributed by atoms with Crippen molar-refractivity contribution < 1.29 is 4.39 Å². The summed E-state index contributed by atoms with van der Waals surface area (Å²) in [6, 6.07) is 2.76. The molecule has 0 heterocycles. The van der Waals surface area contributed by atoms with E-state index in [9.17, 15) is 4.39 Å². The molecule has 0 aromatic heterocycles. The minimum absolute atomic E-state index is 0.0176. The molecule has 1 aromatic carbocycles. The van der Waals surface area contributed by atoms with Gasteiger partial charge in [-0.15, -0.1) is 0 Å². The van der Waals surface area contributed by atoms with Crippen molar-refractivity contribution in [3.63, 3.8) is 0 Å². The van der Waals surface area contributed by atoms with Crippen LogP contribution in [0.2, 0.25) is 5.02 Å². The van der Waals surface area contributed by atoms with E-state index in [1.54, 1.807) is 0 Å². The second-order valence-electron chi connectivity index (χ2n) is 1.76. The number of halogens is 3. The Balaban J connectivity index is 3.34. The van der Waals surface area contributed by atoms with Gasteiger partial charge < -0.3 is 5.73 Å². The Labute approximate surface area is 71.1 Å². The fourth-order valence-electron chi connectivity index (χ4n) is 0.543. The topological polar surface area (TPSA) is 26.0 Å². The number of nitrogen functional groups attached to an aromatic ring is 1. The van der Waals surface area contributed by atoms with Crippen LogP contribution in [-0.4, -0.2) is 0 Å². The number of hydrogen-bond donors (Lipinski definition) is 1. The van der Waals surface area contributed by atoms with Gasteiger partial charge in [0.2, 0.25) is 0 Å². The third-order valence-corrected chi connectivity index (χ3v) is 2.38. The Kier molecular flexibility index (Phi) is 2.16. The van der Waals surface area contributed by atoms with Crippen LogP contribution in [0, 0.1) is 5.82 Å². The van der Waals surface area contributed by atoms with E-state index in [1.165, 1.54) is 12.1 Å². The van der Waals surface area contributed by atoms with Crippen molar-refractivity contribution in [2.75, 3.05) is 5.73 Å². The van der Waals surface area contributed by atoms with Crippen LogP contribution in [0.25, 0.3) is 0 Å². The lowest BCUT2D eigenvalue weighted by Crippen LogP contribution is -1.91. The van der Waals surface area contributed by atoms with Crippen LogP contribution < -0.4 is 5.73 Å². The van der Waals surface area contributed by atoms with E-state index in [2.05, 4.69) is 15.9 Å². The highest BCUT2D eigenvalue weighted by molar-refractivity contribution is 9.10. The first kappa shape index (κ1) is 7.82. The van der Waals surface area contributed by atoms with Crippen molar-refractivity contribution >= 4 is 33.2 Å². The average Bonchev–Trinajstić information content (AvgIpc) is 1.93. The lowest BCUT2D eigenvalue weighted by Gasteiger charge is -1.99. The highest BCUT2D eigenvalue weighted by Crippen LogP contribution is 2.29. The minimum atomic E-state index is -0.492. The van der Waals surface area contributed by atoms with Crippen LogP contribution in [-0.2, 0) is 0 Å². The molecule has 0 aliphatic rings. The van der Waals surface area contributed by atoms with Crippen LogP contribution in [0.4, 0.5) is 10.1 Å². The van der Waals surface area contributed by atoms with Crippen molar-refractivity contribution in [1.82, 2.24) is 0 Å². The van der Waals surface area contributed by atoms with Gasteiger partial charge in [0.1, 0.15) is 5.82 Å². The highest BCUT2D eigenvalue weighted by Gasteiger charge is 2.05. The van der Waals surface area contributed by atoms with Crippen LogP contribution in [0.1, 0.15) is 0 Å². The lowest BCUT2D eigenvalue weighted by atomic mass is 10.3. The molecule has 0 saturated heterocycles. The maximum Gasteiger partial charge on any atom is 0.147 e. The second-order valence-corrected chi connectivity index (χ2v) is 2.99. The molecule has 0 saturated carbocycles. The van der Waals surface area contributed by atoms with Crippen LogP contribution in [0.15, 0.2) is 16.6 Å². The zero-order chi connectivity index (χ0) is 7.72. The van der Waals surface area contributed by atoms with E-state index in [-0.39, 0.29) is 10.7 Å². The largest absolute Gasteiger partial charge is 0.395 e. The zero-order valence-corrected chi connectivity index (χ0v) is 7.21. The predicted molar refractivity (Wildman–Crippen MR) is 43.5 cm³/mol. The summed E-state index contributed by atoms with van der Waals surface area (Å²) >= 11 is 8.67. The first-order valence-corrected chi connectivity index (χ1v) is 3.69. The fraction of sp³-hybridized carbons (Fsp3) is 0. The van der Waals surface area contributed by atoms with Gasteiger partial charge in [0, 0.05) is 4.47 Å². The van der Waals surface area contributed by atoms with E-state index in [0.29, 0.717) is 4.47 Å². The van der Waals surface area contributed by atoms with Gasteiger partial charge >= 0.3 is 0 Å². The van der Waals surface area contributed by atoms with E-state index in [4.69, 9.17) is 17.3 Å². The molecule has 0 atom stereocenters. The maximum absolute atomic E-state index is 12.5. The normalized spacial score (nSPS) is 9.90. The molecule has 10 heavy (non-hydrogen) atoms. The van der Waals surface area contributed by atoms with Crippen molar-refractivity contribution in [1.29, 1.82) is 0 Å². The Morgan fingerprint density at radius 3 is 2.60 bits per heavy atom. The quantitative estimate of drug-likeness (QED) is 0.532. The molecule has 0 unspecified atom stereocenters. The lowest BCUT2D eigenvalue weighted by molar-refractivity contribution is 0.632. The standard InChI is InChI=1S/C6H4BrClFN/c7-3-1-2-4(9)6(10)5(3)8/h1-2H,10H2. The van der Waals surface area contributed by atoms with E-state index >= 15 is 0 Å². The average molecular weight is 224 g/mol. The molecule has 0 aliphatic carbocycles. The van der Waals surface area contributed by atoms with E-state index < -0.39 is 5.82 Å². The van der Waals surface area contributed by atoms with Crippen LogP contribution in [0.3, 0.4) is 0 Å². The monoisotopic (exact) mass is 223 g/mol.